The summed E-state index contributed by atoms with van der Waals surface area (Å²) in [5, 5.41) is 14.2. The van der Waals surface area contributed by atoms with Crippen molar-refractivity contribution >= 4 is 12.0 Å². The second-order valence-electron chi connectivity index (χ2n) is 4.41. The Balaban J connectivity index is 3.71. The van der Waals surface area contributed by atoms with Crippen LogP contribution in [-0.4, -0.2) is 29.7 Å². The molecule has 100 valence electrons. The third-order valence-electron chi connectivity index (χ3n) is 2.78. The van der Waals surface area contributed by atoms with Crippen molar-refractivity contribution in [1.82, 2.24) is 10.6 Å². The summed E-state index contributed by atoms with van der Waals surface area (Å²) < 4.78 is 0. The molecule has 0 aromatic carbocycles. The predicted octanol–water partition coefficient (Wildman–Crippen LogP) is 1.98. The number of carboxylic acid groups (broad SMARTS) is 1. The van der Waals surface area contributed by atoms with Crippen LogP contribution in [0.15, 0.2) is 0 Å². The molecule has 0 spiro atoms. The van der Waals surface area contributed by atoms with Crippen molar-refractivity contribution in [3.05, 3.63) is 0 Å². The van der Waals surface area contributed by atoms with Crippen LogP contribution in [0.3, 0.4) is 0 Å². The van der Waals surface area contributed by atoms with Gasteiger partial charge in [-0.2, -0.15) is 0 Å². The predicted molar refractivity (Wildman–Crippen MR) is 66.9 cm³/mol. The Bertz CT molecular complexity index is 240. The van der Waals surface area contributed by atoms with Gasteiger partial charge in [0.1, 0.15) is 0 Å². The molecule has 0 aromatic heterocycles. The molecule has 0 heterocycles. The lowest BCUT2D eigenvalue weighted by Gasteiger charge is -2.17. The summed E-state index contributed by atoms with van der Waals surface area (Å²) in [6.45, 7) is 6.51. The average Bonchev–Trinajstić information content (AvgIpc) is 2.30. The van der Waals surface area contributed by atoms with E-state index in [1.165, 1.54) is 0 Å². The number of aliphatic carboxylic acids is 1. The van der Waals surface area contributed by atoms with Gasteiger partial charge < -0.3 is 15.7 Å². The number of rotatable bonds is 8. The van der Waals surface area contributed by atoms with Crippen molar-refractivity contribution < 1.29 is 14.7 Å². The lowest BCUT2D eigenvalue weighted by Crippen LogP contribution is -2.43. The highest BCUT2D eigenvalue weighted by Gasteiger charge is 2.10. The van der Waals surface area contributed by atoms with E-state index in [2.05, 4.69) is 10.6 Å². The fourth-order valence-corrected chi connectivity index (χ4v) is 1.47. The van der Waals surface area contributed by atoms with Gasteiger partial charge in [0.15, 0.2) is 0 Å². The van der Waals surface area contributed by atoms with Crippen LogP contribution in [0.2, 0.25) is 0 Å². The third kappa shape index (κ3) is 8.54. The minimum Gasteiger partial charge on any atom is -0.481 e. The van der Waals surface area contributed by atoms with Gasteiger partial charge in [0.25, 0.3) is 0 Å². The van der Waals surface area contributed by atoms with Gasteiger partial charge >= 0.3 is 12.0 Å². The maximum atomic E-state index is 11.5. The normalized spacial score (nSPS) is 12.2. The van der Waals surface area contributed by atoms with Crippen LogP contribution < -0.4 is 10.6 Å². The van der Waals surface area contributed by atoms with Crippen LogP contribution in [0.5, 0.6) is 0 Å². The monoisotopic (exact) mass is 244 g/mol. The summed E-state index contributed by atoms with van der Waals surface area (Å²) in [7, 11) is 0. The molecule has 2 amide bonds. The first-order valence-corrected chi connectivity index (χ1v) is 6.25. The van der Waals surface area contributed by atoms with E-state index >= 15 is 0 Å². The van der Waals surface area contributed by atoms with Crippen LogP contribution in [0.1, 0.15) is 46.5 Å². The van der Waals surface area contributed by atoms with Crippen LogP contribution >= 0.6 is 0 Å². The first-order valence-electron chi connectivity index (χ1n) is 6.25. The van der Waals surface area contributed by atoms with Gasteiger partial charge in [-0.25, -0.2) is 4.79 Å². The van der Waals surface area contributed by atoms with Crippen molar-refractivity contribution in [2.45, 2.75) is 52.5 Å². The number of nitrogens with one attached hydrogen (secondary N) is 2. The van der Waals surface area contributed by atoms with Crippen LogP contribution in [0.25, 0.3) is 0 Å². The Morgan fingerprint density at radius 1 is 1.24 bits per heavy atom. The molecular formula is C12H24N2O3. The van der Waals surface area contributed by atoms with E-state index in [4.69, 9.17) is 5.11 Å². The molecule has 1 unspecified atom stereocenters. The van der Waals surface area contributed by atoms with Gasteiger partial charge in [-0.1, -0.05) is 20.8 Å². The fourth-order valence-electron chi connectivity index (χ4n) is 1.47. The maximum absolute atomic E-state index is 11.5. The molecule has 5 heteroatoms. The van der Waals surface area contributed by atoms with E-state index in [0.717, 1.165) is 12.8 Å². The fraction of sp³-hybridized carbons (Fsp3) is 0.833. The minimum atomic E-state index is -0.793. The van der Waals surface area contributed by atoms with Gasteiger partial charge in [0.05, 0.1) is 0 Å². The van der Waals surface area contributed by atoms with Crippen LogP contribution in [-0.2, 0) is 4.79 Å². The van der Waals surface area contributed by atoms with Gasteiger partial charge in [0.2, 0.25) is 0 Å². The highest BCUT2D eigenvalue weighted by atomic mass is 16.4. The number of carboxylic acids is 1. The summed E-state index contributed by atoms with van der Waals surface area (Å²) >= 11 is 0. The molecule has 0 saturated carbocycles. The molecule has 0 bridgehead atoms. The molecular weight excluding hydrogens is 220 g/mol. The van der Waals surface area contributed by atoms with E-state index in [-0.39, 0.29) is 24.4 Å². The summed E-state index contributed by atoms with van der Waals surface area (Å²) in [6, 6.07) is 0.0465. The lowest BCUT2D eigenvalue weighted by atomic mass is 10.1. The maximum Gasteiger partial charge on any atom is 0.315 e. The molecule has 0 aliphatic rings. The second-order valence-corrected chi connectivity index (χ2v) is 4.41. The van der Waals surface area contributed by atoms with Gasteiger partial charge in [0, 0.05) is 19.0 Å². The number of hydrogen-bond donors (Lipinski definition) is 3. The van der Waals surface area contributed by atoms with Crippen molar-refractivity contribution in [2.75, 3.05) is 6.54 Å². The molecule has 0 aliphatic heterocycles. The minimum absolute atomic E-state index is 0.150. The largest absolute Gasteiger partial charge is 0.481 e. The Labute approximate surface area is 103 Å². The average molecular weight is 244 g/mol. The van der Waals surface area contributed by atoms with Crippen LogP contribution in [0.4, 0.5) is 4.79 Å². The van der Waals surface area contributed by atoms with E-state index in [9.17, 15) is 9.59 Å². The first kappa shape index (κ1) is 15.7. The van der Waals surface area contributed by atoms with Crippen molar-refractivity contribution in [3.63, 3.8) is 0 Å². The molecule has 0 radical (unpaired) electrons. The Hall–Kier alpha value is -1.26. The molecule has 3 N–H and O–H groups in total. The Kier molecular flexibility index (Phi) is 8.19. The second kappa shape index (κ2) is 8.84. The first-order chi connectivity index (χ1) is 7.99. The molecule has 0 rings (SSSR count). The smallest absolute Gasteiger partial charge is 0.315 e. The van der Waals surface area contributed by atoms with Crippen LogP contribution in [0, 0.1) is 5.92 Å². The van der Waals surface area contributed by atoms with E-state index in [1.54, 1.807) is 0 Å². The molecule has 0 aromatic rings. The molecule has 5 nitrogen and oxygen atoms in total. The third-order valence-corrected chi connectivity index (χ3v) is 2.78. The number of urea groups is 1. The van der Waals surface area contributed by atoms with Crippen molar-refractivity contribution in [2.24, 2.45) is 5.92 Å². The Morgan fingerprint density at radius 2 is 1.82 bits per heavy atom. The van der Waals surface area contributed by atoms with Gasteiger partial charge in [-0.05, 0) is 25.2 Å². The van der Waals surface area contributed by atoms with E-state index < -0.39 is 5.97 Å². The quantitative estimate of drug-likeness (QED) is 0.611. The molecule has 0 aliphatic carbocycles. The zero-order valence-electron chi connectivity index (χ0n) is 11.0. The summed E-state index contributed by atoms with van der Waals surface area (Å²) in [4.78, 5) is 21.8. The number of amides is 2. The SMILES string of the molecule is CCC(CC)NC(=O)NCC(C)CCC(=O)O. The summed E-state index contributed by atoms with van der Waals surface area (Å²) in [6.07, 6.45) is 2.56. The zero-order chi connectivity index (χ0) is 13.3. The highest BCUT2D eigenvalue weighted by Crippen LogP contribution is 2.03. The molecule has 0 saturated heterocycles. The summed E-state index contributed by atoms with van der Waals surface area (Å²) in [5.74, 6) is -0.614. The van der Waals surface area contributed by atoms with E-state index in [1.807, 2.05) is 20.8 Å². The molecule has 0 fully saturated rings. The van der Waals surface area contributed by atoms with Crippen molar-refractivity contribution in [1.29, 1.82) is 0 Å². The molecule has 1 atom stereocenters. The summed E-state index contributed by atoms with van der Waals surface area (Å²) in [5.41, 5.74) is 0. The van der Waals surface area contributed by atoms with Crippen molar-refractivity contribution in [3.8, 4) is 0 Å². The molecule has 17 heavy (non-hydrogen) atoms. The topological polar surface area (TPSA) is 78.4 Å². The number of hydrogen-bond acceptors (Lipinski definition) is 2. The van der Waals surface area contributed by atoms with Gasteiger partial charge in [-0.3, -0.25) is 4.79 Å². The lowest BCUT2D eigenvalue weighted by molar-refractivity contribution is -0.137. The highest BCUT2D eigenvalue weighted by molar-refractivity contribution is 5.74. The zero-order valence-corrected chi connectivity index (χ0v) is 11.0. The van der Waals surface area contributed by atoms with E-state index in [0.29, 0.717) is 13.0 Å². The number of carbonyl (C=O) groups excluding carboxylic acids is 1. The van der Waals surface area contributed by atoms with Gasteiger partial charge in [-0.15, -0.1) is 0 Å². The Morgan fingerprint density at radius 3 is 2.29 bits per heavy atom. The number of carbonyl (C=O) groups is 2. The standard InChI is InChI=1S/C12H24N2O3/c1-4-10(5-2)14-12(17)13-8-9(3)6-7-11(15)16/h9-10H,4-8H2,1-3H3,(H,15,16)(H2,13,14,17).